The third-order valence-electron chi connectivity index (χ3n) is 5.23. The van der Waals surface area contributed by atoms with Crippen molar-refractivity contribution < 1.29 is 4.79 Å². The summed E-state index contributed by atoms with van der Waals surface area (Å²) >= 11 is 13.0. The van der Waals surface area contributed by atoms with Crippen LogP contribution in [0.4, 0.5) is 4.79 Å². The minimum absolute atomic E-state index is 0.0814. The first-order valence-corrected chi connectivity index (χ1v) is 10.0. The second-order valence-electron chi connectivity index (χ2n) is 7.03. The molecule has 3 rings (SSSR count). The van der Waals surface area contributed by atoms with Crippen LogP contribution in [0.1, 0.15) is 50.6 Å². The monoisotopic (exact) mass is 406 g/mol. The zero-order valence-electron chi connectivity index (χ0n) is 15.6. The Labute approximate surface area is 170 Å². The van der Waals surface area contributed by atoms with Gasteiger partial charge in [0, 0.05) is 36.6 Å². The molecular formula is C20H24Cl2N4O. The summed E-state index contributed by atoms with van der Waals surface area (Å²) in [5, 5.41) is 3.91. The highest BCUT2D eigenvalue weighted by molar-refractivity contribution is 6.44. The van der Waals surface area contributed by atoms with Crippen molar-refractivity contribution >= 4 is 29.2 Å². The Morgan fingerprint density at radius 1 is 1.15 bits per heavy atom. The van der Waals surface area contributed by atoms with E-state index in [-0.39, 0.29) is 12.1 Å². The minimum atomic E-state index is -0.255. The van der Waals surface area contributed by atoms with Gasteiger partial charge in [-0.05, 0) is 25.3 Å². The molecule has 1 saturated carbocycles. The van der Waals surface area contributed by atoms with Gasteiger partial charge in [0.25, 0.3) is 0 Å². The van der Waals surface area contributed by atoms with Gasteiger partial charge < -0.3 is 10.2 Å². The molecule has 0 spiro atoms. The third kappa shape index (κ3) is 4.53. The van der Waals surface area contributed by atoms with Gasteiger partial charge in [-0.25, -0.2) is 14.8 Å². The topological polar surface area (TPSA) is 58.1 Å². The van der Waals surface area contributed by atoms with Crippen LogP contribution in [0.25, 0.3) is 11.1 Å². The second-order valence-corrected chi connectivity index (χ2v) is 7.79. The van der Waals surface area contributed by atoms with E-state index in [0.717, 1.165) is 29.5 Å². The molecule has 0 bridgehead atoms. The Morgan fingerprint density at radius 2 is 1.81 bits per heavy atom. The minimum Gasteiger partial charge on any atom is -0.331 e. The molecule has 27 heavy (non-hydrogen) atoms. The third-order valence-corrected chi connectivity index (χ3v) is 6.13. The van der Waals surface area contributed by atoms with Crippen molar-refractivity contribution in [2.75, 3.05) is 7.05 Å². The zero-order chi connectivity index (χ0) is 19.4. The van der Waals surface area contributed by atoms with Crippen LogP contribution in [-0.4, -0.2) is 34.0 Å². The fourth-order valence-corrected chi connectivity index (χ4v) is 4.17. The lowest BCUT2D eigenvalue weighted by Gasteiger charge is -2.32. The number of amides is 2. The molecular weight excluding hydrogens is 383 g/mol. The maximum atomic E-state index is 12.6. The fourth-order valence-electron chi connectivity index (χ4n) is 3.56. The van der Waals surface area contributed by atoms with Gasteiger partial charge in [-0.15, -0.1) is 0 Å². The van der Waals surface area contributed by atoms with Gasteiger partial charge >= 0.3 is 6.03 Å². The Morgan fingerprint density at radius 3 is 2.48 bits per heavy atom. The van der Waals surface area contributed by atoms with E-state index in [2.05, 4.69) is 15.3 Å². The molecule has 144 valence electrons. The summed E-state index contributed by atoms with van der Waals surface area (Å²) in [7, 11) is 1.87. The first-order chi connectivity index (χ1) is 13.0. The molecule has 1 aliphatic rings. The Kier molecular flexibility index (Phi) is 6.55. The van der Waals surface area contributed by atoms with E-state index in [4.69, 9.17) is 23.2 Å². The standard InChI is InChI=1S/C20H24Cl2N4O/c1-13(25-20(27)26(2)15-6-4-3-5-7-15)16-8-9-17(19(22)18(16)21)14-10-23-12-24-11-14/h8-13,15H,3-7H2,1-2H3,(H,25,27)/t13-/m0/s1. The molecule has 1 heterocycles. The highest BCUT2D eigenvalue weighted by Crippen LogP contribution is 2.37. The molecule has 1 atom stereocenters. The van der Waals surface area contributed by atoms with Crippen LogP contribution in [0, 0.1) is 0 Å². The van der Waals surface area contributed by atoms with E-state index >= 15 is 0 Å². The molecule has 0 unspecified atom stereocenters. The highest BCUT2D eigenvalue weighted by Gasteiger charge is 2.24. The molecule has 2 amide bonds. The number of nitrogens with zero attached hydrogens (tertiary/aromatic N) is 3. The maximum Gasteiger partial charge on any atom is 0.317 e. The van der Waals surface area contributed by atoms with Crippen molar-refractivity contribution in [3.63, 3.8) is 0 Å². The van der Waals surface area contributed by atoms with E-state index < -0.39 is 0 Å². The quantitative estimate of drug-likeness (QED) is 0.730. The lowest BCUT2D eigenvalue weighted by atomic mass is 9.95. The number of rotatable bonds is 4. The van der Waals surface area contributed by atoms with Crippen LogP contribution in [-0.2, 0) is 0 Å². The molecule has 1 aliphatic carbocycles. The second kappa shape index (κ2) is 8.89. The van der Waals surface area contributed by atoms with Crippen LogP contribution in [0.5, 0.6) is 0 Å². The van der Waals surface area contributed by atoms with E-state index in [1.807, 2.05) is 31.0 Å². The van der Waals surface area contributed by atoms with E-state index in [1.54, 1.807) is 12.4 Å². The van der Waals surface area contributed by atoms with E-state index in [1.165, 1.54) is 25.6 Å². The summed E-state index contributed by atoms with van der Waals surface area (Å²) in [6.45, 7) is 1.91. The molecule has 1 N–H and O–H groups in total. The van der Waals surface area contributed by atoms with Crippen molar-refractivity contribution in [1.82, 2.24) is 20.2 Å². The van der Waals surface area contributed by atoms with Gasteiger partial charge in [-0.3, -0.25) is 0 Å². The summed E-state index contributed by atoms with van der Waals surface area (Å²) < 4.78 is 0. The van der Waals surface area contributed by atoms with Gasteiger partial charge in [-0.2, -0.15) is 0 Å². The molecule has 1 aromatic carbocycles. The Balaban J connectivity index is 1.74. The van der Waals surface area contributed by atoms with Gasteiger partial charge in [-0.1, -0.05) is 54.6 Å². The summed E-state index contributed by atoms with van der Waals surface area (Å²) in [5.41, 5.74) is 2.35. The summed E-state index contributed by atoms with van der Waals surface area (Å²) in [5.74, 6) is 0. The Bertz CT molecular complexity index is 794. The number of hydrogen-bond acceptors (Lipinski definition) is 3. The molecule has 5 nitrogen and oxygen atoms in total. The van der Waals surface area contributed by atoms with Crippen LogP contribution in [0.15, 0.2) is 30.9 Å². The van der Waals surface area contributed by atoms with Crippen molar-refractivity contribution in [2.24, 2.45) is 0 Å². The SMILES string of the molecule is C[C@H](NC(=O)N(C)C1CCCCC1)c1ccc(-c2cncnc2)c(Cl)c1Cl. The Hall–Kier alpha value is -1.85. The lowest BCUT2D eigenvalue weighted by Crippen LogP contribution is -2.45. The molecule has 2 aromatic rings. The molecule has 0 radical (unpaired) electrons. The predicted molar refractivity (Wildman–Crippen MR) is 109 cm³/mol. The molecule has 1 fully saturated rings. The number of urea groups is 1. The summed E-state index contributed by atoms with van der Waals surface area (Å²) in [6.07, 6.45) is 10.6. The van der Waals surface area contributed by atoms with E-state index in [0.29, 0.717) is 16.1 Å². The van der Waals surface area contributed by atoms with Crippen molar-refractivity contribution in [2.45, 2.75) is 51.1 Å². The predicted octanol–water partition coefficient (Wildman–Crippen LogP) is 5.49. The largest absolute Gasteiger partial charge is 0.331 e. The first kappa shape index (κ1) is 19.9. The number of carbonyl (C=O) groups excluding carboxylic acids is 1. The number of hydrogen-bond donors (Lipinski definition) is 1. The number of nitrogens with one attached hydrogen (secondary N) is 1. The number of carbonyl (C=O) groups is 1. The van der Waals surface area contributed by atoms with Crippen LogP contribution in [0.2, 0.25) is 10.0 Å². The van der Waals surface area contributed by atoms with Gasteiger partial charge in [0.15, 0.2) is 0 Å². The molecule has 7 heteroatoms. The van der Waals surface area contributed by atoms with Gasteiger partial charge in [0.2, 0.25) is 0 Å². The fraction of sp³-hybridized carbons (Fsp3) is 0.450. The number of halogens is 2. The van der Waals surface area contributed by atoms with Crippen LogP contribution < -0.4 is 5.32 Å². The summed E-state index contributed by atoms with van der Waals surface area (Å²) in [6, 6.07) is 3.75. The average Bonchev–Trinajstić information content (AvgIpc) is 2.70. The first-order valence-electron chi connectivity index (χ1n) is 9.25. The van der Waals surface area contributed by atoms with E-state index in [9.17, 15) is 4.79 Å². The molecule has 0 saturated heterocycles. The van der Waals surface area contributed by atoms with Gasteiger partial charge in [0.1, 0.15) is 6.33 Å². The summed E-state index contributed by atoms with van der Waals surface area (Å²) in [4.78, 5) is 22.5. The van der Waals surface area contributed by atoms with Crippen molar-refractivity contribution in [1.29, 1.82) is 0 Å². The highest BCUT2D eigenvalue weighted by atomic mass is 35.5. The van der Waals surface area contributed by atoms with Crippen LogP contribution >= 0.6 is 23.2 Å². The smallest absolute Gasteiger partial charge is 0.317 e. The molecule has 1 aromatic heterocycles. The van der Waals surface area contributed by atoms with Crippen LogP contribution in [0.3, 0.4) is 0 Å². The number of aromatic nitrogens is 2. The average molecular weight is 407 g/mol. The van der Waals surface area contributed by atoms with Gasteiger partial charge in [0.05, 0.1) is 16.1 Å². The lowest BCUT2D eigenvalue weighted by molar-refractivity contribution is 0.171. The number of benzene rings is 1. The normalized spacial score (nSPS) is 16.0. The van der Waals surface area contributed by atoms with Crippen molar-refractivity contribution in [3.05, 3.63) is 46.5 Å². The van der Waals surface area contributed by atoms with Crippen molar-refractivity contribution in [3.8, 4) is 11.1 Å². The maximum absolute atomic E-state index is 12.6. The molecule has 0 aliphatic heterocycles. The zero-order valence-corrected chi connectivity index (χ0v) is 17.1.